The lowest BCUT2D eigenvalue weighted by atomic mass is 10.1. The van der Waals surface area contributed by atoms with Crippen LogP contribution in [0.5, 0.6) is 0 Å². The van der Waals surface area contributed by atoms with Crippen molar-refractivity contribution in [1.82, 2.24) is 4.72 Å². The molecule has 25 heavy (non-hydrogen) atoms. The van der Waals surface area contributed by atoms with Gasteiger partial charge in [0.25, 0.3) is 0 Å². The van der Waals surface area contributed by atoms with Crippen molar-refractivity contribution >= 4 is 28.1 Å². The molecule has 0 bridgehead atoms. The summed E-state index contributed by atoms with van der Waals surface area (Å²) in [6.45, 7) is 0.177. The summed E-state index contributed by atoms with van der Waals surface area (Å²) in [5.74, 6) is 0. The number of alkyl halides is 3. The van der Waals surface area contributed by atoms with Crippen molar-refractivity contribution in [2.24, 2.45) is 0 Å². The van der Waals surface area contributed by atoms with Crippen LogP contribution in [0.2, 0.25) is 0 Å². The van der Waals surface area contributed by atoms with Crippen LogP contribution in [-0.4, -0.2) is 21.1 Å². The molecule has 9 heteroatoms. The van der Waals surface area contributed by atoms with Gasteiger partial charge in [-0.1, -0.05) is 24.3 Å². The van der Waals surface area contributed by atoms with Gasteiger partial charge in [0.05, 0.1) is 11.3 Å². The minimum Gasteiger partial charge on any atom is -0.399 e. The largest absolute Gasteiger partial charge is 0.399 e. The van der Waals surface area contributed by atoms with E-state index in [4.69, 9.17) is 5.73 Å². The number of rotatable bonds is 6. The van der Waals surface area contributed by atoms with E-state index in [-0.39, 0.29) is 29.4 Å². The van der Waals surface area contributed by atoms with Crippen LogP contribution < -0.4 is 10.5 Å². The van der Waals surface area contributed by atoms with E-state index >= 15 is 0 Å². The third-order valence-corrected chi connectivity index (χ3v) is 4.80. The Hall–Kier alpha value is -1.77. The normalized spacial score (nSPS) is 11.8. The third kappa shape index (κ3) is 6.93. The smallest absolute Gasteiger partial charge is 0.393 e. The van der Waals surface area contributed by atoms with Gasteiger partial charge in [-0.15, -0.1) is 12.4 Å². The molecule has 0 fully saturated rings. The standard InChI is InChI=1S/C16H17F3N2O2S.ClH/c17-16(18,19)11-13-3-7-15(8-4-13)24(22,23)21-10-9-12-1-5-14(20)6-2-12;/h1-8,21H,9-11,20H2;1H. The summed E-state index contributed by atoms with van der Waals surface area (Å²) in [6, 6.07) is 11.7. The molecule has 0 aliphatic carbocycles. The first kappa shape index (κ1) is 21.3. The number of nitrogens with two attached hydrogens (primary N) is 1. The second-order valence-electron chi connectivity index (χ2n) is 5.33. The summed E-state index contributed by atoms with van der Waals surface area (Å²) in [5, 5.41) is 0. The quantitative estimate of drug-likeness (QED) is 0.738. The van der Waals surface area contributed by atoms with E-state index in [1.54, 1.807) is 24.3 Å². The first-order chi connectivity index (χ1) is 11.2. The molecule has 0 spiro atoms. The molecule has 0 saturated carbocycles. The molecule has 2 aromatic carbocycles. The first-order valence-corrected chi connectivity index (χ1v) is 8.64. The average molecular weight is 395 g/mol. The Bertz CT molecular complexity index is 777. The van der Waals surface area contributed by atoms with Crippen LogP contribution in [0, 0.1) is 0 Å². The lowest BCUT2D eigenvalue weighted by molar-refractivity contribution is -0.127. The van der Waals surface area contributed by atoms with Crippen LogP contribution in [0.1, 0.15) is 11.1 Å². The second kappa shape index (κ2) is 8.55. The molecule has 2 rings (SSSR count). The van der Waals surface area contributed by atoms with Gasteiger partial charge in [0.1, 0.15) is 0 Å². The predicted octanol–water partition coefficient (Wildman–Crippen LogP) is 3.32. The van der Waals surface area contributed by atoms with E-state index in [0.717, 1.165) is 5.56 Å². The maximum Gasteiger partial charge on any atom is 0.393 e. The minimum absolute atomic E-state index is 0. The Kier molecular flexibility index (Phi) is 7.28. The summed E-state index contributed by atoms with van der Waals surface area (Å²) in [7, 11) is -3.75. The highest BCUT2D eigenvalue weighted by atomic mass is 35.5. The number of nitrogens with one attached hydrogen (secondary N) is 1. The Morgan fingerprint density at radius 1 is 0.920 bits per heavy atom. The van der Waals surface area contributed by atoms with E-state index in [0.29, 0.717) is 12.1 Å². The number of halogens is 4. The van der Waals surface area contributed by atoms with E-state index in [1.807, 2.05) is 0 Å². The van der Waals surface area contributed by atoms with Crippen molar-refractivity contribution in [2.45, 2.75) is 23.9 Å². The summed E-state index contributed by atoms with van der Waals surface area (Å²) in [5.41, 5.74) is 7.13. The van der Waals surface area contributed by atoms with Gasteiger partial charge in [0, 0.05) is 12.2 Å². The van der Waals surface area contributed by atoms with Crippen molar-refractivity contribution in [3.05, 3.63) is 59.7 Å². The van der Waals surface area contributed by atoms with Crippen LogP contribution in [0.15, 0.2) is 53.4 Å². The van der Waals surface area contributed by atoms with Gasteiger partial charge in [0.15, 0.2) is 0 Å². The second-order valence-corrected chi connectivity index (χ2v) is 7.09. The maximum absolute atomic E-state index is 12.3. The van der Waals surface area contributed by atoms with Gasteiger partial charge in [-0.25, -0.2) is 13.1 Å². The van der Waals surface area contributed by atoms with Crippen molar-refractivity contribution in [2.75, 3.05) is 12.3 Å². The Morgan fingerprint density at radius 2 is 1.44 bits per heavy atom. The summed E-state index contributed by atoms with van der Waals surface area (Å²) in [6.07, 6.45) is -4.93. The van der Waals surface area contributed by atoms with Crippen molar-refractivity contribution < 1.29 is 21.6 Å². The SMILES string of the molecule is Cl.Nc1ccc(CCNS(=O)(=O)c2ccc(CC(F)(F)F)cc2)cc1. The monoisotopic (exact) mass is 394 g/mol. The minimum atomic E-state index is -4.32. The van der Waals surface area contributed by atoms with E-state index < -0.39 is 22.6 Å². The van der Waals surface area contributed by atoms with Crippen molar-refractivity contribution in [1.29, 1.82) is 0 Å². The van der Waals surface area contributed by atoms with Gasteiger partial charge in [-0.05, 0) is 41.8 Å². The molecule has 0 atom stereocenters. The van der Waals surface area contributed by atoms with Crippen molar-refractivity contribution in [3.63, 3.8) is 0 Å². The molecule has 0 aromatic heterocycles. The van der Waals surface area contributed by atoms with Crippen LogP contribution in [0.3, 0.4) is 0 Å². The zero-order valence-corrected chi connectivity index (χ0v) is 14.7. The fourth-order valence-corrected chi connectivity index (χ4v) is 3.15. The highest BCUT2D eigenvalue weighted by Crippen LogP contribution is 2.22. The highest BCUT2D eigenvalue weighted by Gasteiger charge is 2.27. The molecule has 0 aliphatic rings. The van der Waals surface area contributed by atoms with E-state index in [9.17, 15) is 21.6 Å². The number of anilines is 1. The highest BCUT2D eigenvalue weighted by molar-refractivity contribution is 7.89. The van der Waals surface area contributed by atoms with Gasteiger partial charge >= 0.3 is 6.18 Å². The lowest BCUT2D eigenvalue weighted by Gasteiger charge is -2.09. The topological polar surface area (TPSA) is 72.2 Å². The number of nitrogen functional groups attached to an aromatic ring is 1. The first-order valence-electron chi connectivity index (χ1n) is 7.15. The van der Waals surface area contributed by atoms with Crippen LogP contribution in [-0.2, 0) is 22.9 Å². The molecule has 2 aromatic rings. The number of sulfonamides is 1. The van der Waals surface area contributed by atoms with Crippen LogP contribution in [0.25, 0.3) is 0 Å². The fraction of sp³-hybridized carbons (Fsp3) is 0.250. The molecule has 0 aliphatic heterocycles. The molecule has 0 heterocycles. The molecule has 0 amide bonds. The molecule has 0 radical (unpaired) electrons. The van der Waals surface area contributed by atoms with Gasteiger partial charge < -0.3 is 5.73 Å². The number of benzene rings is 2. The molecule has 138 valence electrons. The predicted molar refractivity (Wildman–Crippen MR) is 93.2 cm³/mol. The summed E-state index contributed by atoms with van der Waals surface area (Å²) >= 11 is 0. The van der Waals surface area contributed by atoms with E-state index in [1.165, 1.54) is 24.3 Å². The third-order valence-electron chi connectivity index (χ3n) is 3.32. The molecule has 4 nitrogen and oxygen atoms in total. The summed E-state index contributed by atoms with van der Waals surface area (Å²) in [4.78, 5) is -0.0641. The van der Waals surface area contributed by atoms with E-state index in [2.05, 4.69) is 4.72 Å². The lowest BCUT2D eigenvalue weighted by Crippen LogP contribution is -2.26. The Balaban J connectivity index is 0.00000312. The Labute approximate surface area is 150 Å². The van der Waals surface area contributed by atoms with Crippen LogP contribution >= 0.6 is 12.4 Å². The number of hydrogen-bond acceptors (Lipinski definition) is 3. The Morgan fingerprint density at radius 3 is 1.96 bits per heavy atom. The summed E-state index contributed by atoms with van der Waals surface area (Å²) < 4.78 is 63.5. The molecule has 3 N–H and O–H groups in total. The zero-order chi connectivity index (χ0) is 17.8. The average Bonchev–Trinajstić information content (AvgIpc) is 2.48. The zero-order valence-electron chi connectivity index (χ0n) is 13.1. The van der Waals surface area contributed by atoms with Gasteiger partial charge in [0.2, 0.25) is 10.0 Å². The van der Waals surface area contributed by atoms with Gasteiger partial charge in [-0.2, -0.15) is 13.2 Å². The van der Waals surface area contributed by atoms with Crippen molar-refractivity contribution in [3.8, 4) is 0 Å². The molecule has 0 unspecified atom stereocenters. The molecule has 0 saturated heterocycles. The van der Waals surface area contributed by atoms with Gasteiger partial charge in [-0.3, -0.25) is 0 Å². The maximum atomic E-state index is 12.3. The fourth-order valence-electron chi connectivity index (χ4n) is 2.12. The van der Waals surface area contributed by atoms with Crippen LogP contribution in [0.4, 0.5) is 18.9 Å². The number of hydrogen-bond donors (Lipinski definition) is 2. The molecular weight excluding hydrogens is 377 g/mol. The molecular formula is C16H18ClF3N2O2S.